The average Bonchev–Trinajstić information content (AvgIpc) is 2.91. The van der Waals surface area contributed by atoms with Gasteiger partial charge in [0.05, 0.1) is 15.6 Å². The third-order valence-electron chi connectivity index (χ3n) is 3.17. The molecular formula is C15H14N2O4S. The minimum Gasteiger partial charge on any atom is -0.478 e. The van der Waals surface area contributed by atoms with Gasteiger partial charge in [0, 0.05) is 6.20 Å². The Morgan fingerprint density at radius 3 is 3.05 bits per heavy atom. The standard InChI is InChI=1S/C15H14N2O4S/c1-8-14(18)17-12-5-3-4-11(13(12)21-8)15(19)20-7-10-6-16-9(2)22-10/h3-6,8H,7H2,1-2H3,(H,17,18)/t8-/m0/s1. The van der Waals surface area contributed by atoms with E-state index in [2.05, 4.69) is 10.3 Å². The monoisotopic (exact) mass is 318 g/mol. The van der Waals surface area contributed by atoms with Crippen LogP contribution in [0, 0.1) is 6.92 Å². The number of anilines is 1. The lowest BCUT2D eigenvalue weighted by molar-refractivity contribution is -0.122. The van der Waals surface area contributed by atoms with Gasteiger partial charge in [-0.2, -0.15) is 0 Å². The van der Waals surface area contributed by atoms with E-state index in [9.17, 15) is 9.59 Å². The third-order valence-corrected chi connectivity index (χ3v) is 4.06. The third kappa shape index (κ3) is 2.80. The van der Waals surface area contributed by atoms with E-state index in [-0.39, 0.29) is 12.5 Å². The molecule has 0 saturated heterocycles. The number of esters is 1. The summed E-state index contributed by atoms with van der Waals surface area (Å²) in [4.78, 5) is 28.8. The summed E-state index contributed by atoms with van der Waals surface area (Å²) in [6, 6.07) is 4.97. The topological polar surface area (TPSA) is 77.5 Å². The van der Waals surface area contributed by atoms with E-state index < -0.39 is 12.1 Å². The first-order chi connectivity index (χ1) is 10.5. The predicted molar refractivity (Wildman–Crippen MR) is 81.1 cm³/mol. The summed E-state index contributed by atoms with van der Waals surface area (Å²) in [5, 5.41) is 3.62. The van der Waals surface area contributed by atoms with Crippen molar-refractivity contribution in [1.82, 2.24) is 4.98 Å². The number of carbonyl (C=O) groups is 2. The van der Waals surface area contributed by atoms with Crippen molar-refractivity contribution in [3.8, 4) is 5.75 Å². The Kier molecular flexibility index (Phi) is 3.81. The second kappa shape index (κ2) is 5.76. The molecule has 0 fully saturated rings. The van der Waals surface area contributed by atoms with Crippen LogP contribution < -0.4 is 10.1 Å². The molecule has 7 heteroatoms. The minimum absolute atomic E-state index is 0.163. The molecule has 6 nitrogen and oxygen atoms in total. The number of aromatic nitrogens is 1. The number of hydrogen-bond acceptors (Lipinski definition) is 6. The van der Waals surface area contributed by atoms with Crippen molar-refractivity contribution in [2.24, 2.45) is 0 Å². The Labute approximate surface area is 131 Å². The van der Waals surface area contributed by atoms with Gasteiger partial charge < -0.3 is 14.8 Å². The normalized spacial score (nSPS) is 16.5. The molecule has 0 aliphatic carbocycles. The molecule has 0 spiro atoms. The molecule has 2 heterocycles. The van der Waals surface area contributed by atoms with Gasteiger partial charge >= 0.3 is 5.97 Å². The number of para-hydroxylation sites is 1. The molecule has 1 aromatic carbocycles. The highest BCUT2D eigenvalue weighted by Gasteiger charge is 2.28. The maximum absolute atomic E-state index is 12.3. The fraction of sp³-hybridized carbons (Fsp3) is 0.267. The molecule has 1 aliphatic rings. The van der Waals surface area contributed by atoms with E-state index in [0.29, 0.717) is 17.0 Å². The first kappa shape index (κ1) is 14.5. The van der Waals surface area contributed by atoms with Crippen molar-refractivity contribution in [3.63, 3.8) is 0 Å². The number of thiazole rings is 1. The number of benzene rings is 1. The molecule has 0 saturated carbocycles. The Morgan fingerprint density at radius 1 is 1.50 bits per heavy atom. The number of ether oxygens (including phenoxy) is 2. The van der Waals surface area contributed by atoms with Crippen molar-refractivity contribution in [1.29, 1.82) is 0 Å². The average molecular weight is 318 g/mol. The Hall–Kier alpha value is -2.41. The molecule has 0 unspecified atom stereocenters. The van der Waals surface area contributed by atoms with Crippen molar-refractivity contribution in [2.45, 2.75) is 26.6 Å². The Balaban J connectivity index is 1.78. The molecule has 1 N–H and O–H groups in total. The largest absolute Gasteiger partial charge is 0.478 e. The first-order valence-corrected chi connectivity index (χ1v) is 7.55. The SMILES string of the molecule is Cc1ncc(COC(=O)c2cccc3c2O[C@@H](C)C(=O)N3)s1. The van der Waals surface area contributed by atoms with Crippen LogP contribution in [0.15, 0.2) is 24.4 Å². The van der Waals surface area contributed by atoms with Gasteiger partial charge in [0.2, 0.25) is 0 Å². The van der Waals surface area contributed by atoms with Crippen molar-refractivity contribution < 1.29 is 19.1 Å². The summed E-state index contributed by atoms with van der Waals surface area (Å²) >= 11 is 1.48. The van der Waals surface area contributed by atoms with Crippen LogP contribution in [0.3, 0.4) is 0 Å². The van der Waals surface area contributed by atoms with Gasteiger partial charge in [0.15, 0.2) is 11.9 Å². The summed E-state index contributed by atoms with van der Waals surface area (Å²) in [6.45, 7) is 3.68. The Morgan fingerprint density at radius 2 is 2.32 bits per heavy atom. The minimum atomic E-state index is -0.648. The molecule has 0 radical (unpaired) electrons. The van der Waals surface area contributed by atoms with Crippen LogP contribution in [-0.2, 0) is 16.1 Å². The molecular weight excluding hydrogens is 304 g/mol. The molecule has 1 aliphatic heterocycles. The first-order valence-electron chi connectivity index (χ1n) is 6.73. The van der Waals surface area contributed by atoms with Crippen molar-refractivity contribution in [2.75, 3.05) is 5.32 Å². The van der Waals surface area contributed by atoms with Crippen LogP contribution in [0.4, 0.5) is 5.69 Å². The van der Waals surface area contributed by atoms with Crippen LogP contribution >= 0.6 is 11.3 Å². The molecule has 114 valence electrons. The maximum atomic E-state index is 12.3. The lowest BCUT2D eigenvalue weighted by atomic mass is 10.1. The van der Waals surface area contributed by atoms with Gasteiger partial charge in [-0.05, 0) is 26.0 Å². The number of amides is 1. The molecule has 3 rings (SSSR count). The lowest BCUT2D eigenvalue weighted by Gasteiger charge is -2.24. The fourth-order valence-electron chi connectivity index (χ4n) is 2.07. The van der Waals surface area contributed by atoms with E-state index in [4.69, 9.17) is 9.47 Å². The molecule has 1 amide bonds. The number of carbonyl (C=O) groups excluding carboxylic acids is 2. The second-order valence-electron chi connectivity index (χ2n) is 4.85. The number of nitrogens with one attached hydrogen (secondary N) is 1. The number of nitrogens with zero attached hydrogens (tertiary/aromatic N) is 1. The zero-order valence-corrected chi connectivity index (χ0v) is 12.9. The van der Waals surface area contributed by atoms with Crippen LogP contribution in [0.25, 0.3) is 0 Å². The van der Waals surface area contributed by atoms with Gasteiger partial charge in [0.25, 0.3) is 5.91 Å². The summed E-state index contributed by atoms with van der Waals surface area (Å²) < 4.78 is 10.8. The highest BCUT2D eigenvalue weighted by Crippen LogP contribution is 2.33. The van der Waals surface area contributed by atoms with Gasteiger partial charge in [0.1, 0.15) is 12.2 Å². The number of rotatable bonds is 3. The molecule has 22 heavy (non-hydrogen) atoms. The van der Waals surface area contributed by atoms with Crippen molar-refractivity contribution >= 4 is 28.9 Å². The van der Waals surface area contributed by atoms with Gasteiger partial charge in [-0.15, -0.1) is 11.3 Å². The molecule has 0 bridgehead atoms. The van der Waals surface area contributed by atoms with E-state index in [1.54, 1.807) is 31.3 Å². The summed E-state index contributed by atoms with van der Waals surface area (Å²) in [7, 11) is 0. The van der Waals surface area contributed by atoms with Crippen LogP contribution in [-0.4, -0.2) is 23.0 Å². The van der Waals surface area contributed by atoms with E-state index in [0.717, 1.165) is 9.88 Å². The summed E-state index contributed by atoms with van der Waals surface area (Å²) in [5.41, 5.74) is 0.775. The molecule has 1 atom stereocenters. The highest BCUT2D eigenvalue weighted by molar-refractivity contribution is 7.11. The van der Waals surface area contributed by atoms with Crippen LogP contribution in [0.1, 0.15) is 27.2 Å². The van der Waals surface area contributed by atoms with Gasteiger partial charge in [-0.3, -0.25) is 4.79 Å². The summed E-state index contributed by atoms with van der Waals surface area (Å²) in [6.07, 6.45) is 1.04. The highest BCUT2D eigenvalue weighted by atomic mass is 32.1. The second-order valence-corrected chi connectivity index (χ2v) is 6.17. The molecule has 2 aromatic rings. The number of hydrogen-bond donors (Lipinski definition) is 1. The maximum Gasteiger partial charge on any atom is 0.342 e. The van der Waals surface area contributed by atoms with E-state index in [1.807, 2.05) is 6.92 Å². The van der Waals surface area contributed by atoms with Crippen LogP contribution in [0.2, 0.25) is 0 Å². The predicted octanol–water partition coefficient (Wildman–Crippen LogP) is 2.53. The van der Waals surface area contributed by atoms with Gasteiger partial charge in [-0.1, -0.05) is 6.07 Å². The Bertz CT molecular complexity index is 741. The van der Waals surface area contributed by atoms with Gasteiger partial charge in [-0.25, -0.2) is 9.78 Å². The quantitative estimate of drug-likeness (QED) is 0.880. The fourth-order valence-corrected chi connectivity index (χ4v) is 2.78. The number of fused-ring (bicyclic) bond motifs is 1. The zero-order valence-electron chi connectivity index (χ0n) is 12.1. The summed E-state index contributed by atoms with van der Waals surface area (Å²) in [5.74, 6) is -0.385. The van der Waals surface area contributed by atoms with Crippen LogP contribution in [0.5, 0.6) is 5.75 Å². The smallest absolute Gasteiger partial charge is 0.342 e. The van der Waals surface area contributed by atoms with Crippen molar-refractivity contribution in [3.05, 3.63) is 39.8 Å². The van der Waals surface area contributed by atoms with E-state index >= 15 is 0 Å². The molecule has 1 aromatic heterocycles. The number of aryl methyl sites for hydroxylation is 1. The lowest BCUT2D eigenvalue weighted by Crippen LogP contribution is -2.35. The van der Waals surface area contributed by atoms with E-state index in [1.165, 1.54) is 11.3 Å². The zero-order chi connectivity index (χ0) is 15.7.